The van der Waals surface area contributed by atoms with Crippen LogP contribution in [0.2, 0.25) is 0 Å². The molecule has 0 aliphatic carbocycles. The number of hydrogen-bond donors (Lipinski definition) is 1. The minimum absolute atomic E-state index is 0.248. The topological polar surface area (TPSA) is 20.2 Å². The van der Waals surface area contributed by atoms with Crippen LogP contribution < -0.4 is 0 Å². The van der Waals surface area contributed by atoms with E-state index >= 15 is 0 Å². The molecule has 0 heterocycles. The second kappa shape index (κ2) is 5.65. The maximum Gasteiger partial charge on any atom is 0.0465 e. The first-order valence-corrected chi connectivity index (χ1v) is 3.37. The van der Waals surface area contributed by atoms with Gasteiger partial charge in [-0.2, -0.15) is 0 Å². The highest BCUT2D eigenvalue weighted by atomic mass is 16.3. The Morgan fingerprint density at radius 1 is 1.44 bits per heavy atom. The van der Waals surface area contributed by atoms with Crippen LogP contribution >= 0.6 is 0 Å². The Labute approximate surface area is 57.1 Å². The predicted octanol–water partition coefficient (Wildman–Crippen LogP) is 1.42. The summed E-state index contributed by atoms with van der Waals surface area (Å²) in [6.45, 7) is 4.26. The molecule has 0 radical (unpaired) electrons. The van der Waals surface area contributed by atoms with E-state index in [9.17, 15) is 0 Å². The molecule has 0 spiro atoms. The summed E-state index contributed by atoms with van der Waals surface area (Å²) in [4.78, 5) is 0. The molecule has 1 atom stereocenters. The van der Waals surface area contributed by atoms with Gasteiger partial charge in [-0.1, -0.05) is 13.8 Å². The summed E-state index contributed by atoms with van der Waals surface area (Å²) in [6.07, 6.45) is 1.74. The molecule has 0 aliphatic heterocycles. The van der Waals surface area contributed by atoms with Crippen molar-refractivity contribution in [1.82, 2.24) is 0 Å². The minimum atomic E-state index is 0.248. The van der Waals surface area contributed by atoms with Crippen LogP contribution in [0, 0.1) is 17.8 Å². The van der Waals surface area contributed by atoms with E-state index in [4.69, 9.17) is 5.11 Å². The van der Waals surface area contributed by atoms with Gasteiger partial charge in [0.05, 0.1) is 0 Å². The van der Waals surface area contributed by atoms with Crippen LogP contribution in [0.5, 0.6) is 0 Å². The summed E-state index contributed by atoms with van der Waals surface area (Å²) in [6, 6.07) is 0. The molecule has 9 heavy (non-hydrogen) atoms. The van der Waals surface area contributed by atoms with Crippen molar-refractivity contribution in [1.29, 1.82) is 0 Å². The summed E-state index contributed by atoms with van der Waals surface area (Å²) >= 11 is 0. The molecule has 0 fully saturated rings. The van der Waals surface area contributed by atoms with E-state index in [1.54, 1.807) is 0 Å². The number of aliphatic hydroxyl groups excluding tert-OH is 1. The van der Waals surface area contributed by atoms with E-state index in [-0.39, 0.29) is 6.61 Å². The largest absolute Gasteiger partial charge is 0.396 e. The molecule has 0 bridgehead atoms. The average Bonchev–Trinajstić information content (AvgIpc) is 1.89. The quantitative estimate of drug-likeness (QED) is 0.555. The molecule has 0 saturated carbocycles. The molecule has 0 aliphatic rings. The standard InChI is InChI=1S/C8H14O/c1-3-4-5-6-8(2)7-9/h8-9H,3,6-7H2,1-2H3/t8-/m0/s1. The Morgan fingerprint density at radius 2 is 2.11 bits per heavy atom. The first-order valence-electron chi connectivity index (χ1n) is 3.37. The van der Waals surface area contributed by atoms with Gasteiger partial charge in [0.2, 0.25) is 0 Å². The van der Waals surface area contributed by atoms with Crippen molar-refractivity contribution in [2.75, 3.05) is 6.61 Å². The highest BCUT2D eigenvalue weighted by Crippen LogP contribution is 1.96. The number of hydrogen-bond acceptors (Lipinski definition) is 1. The van der Waals surface area contributed by atoms with E-state index < -0.39 is 0 Å². The SMILES string of the molecule is CCC#CC[C@H](C)CO. The Balaban J connectivity index is 3.25. The lowest BCUT2D eigenvalue weighted by Crippen LogP contribution is -1.97. The second-order valence-electron chi connectivity index (χ2n) is 2.20. The molecule has 1 heteroatoms. The fourth-order valence-corrected chi connectivity index (χ4v) is 0.436. The highest BCUT2D eigenvalue weighted by molar-refractivity contribution is 4.98. The third-order valence-corrected chi connectivity index (χ3v) is 1.06. The van der Waals surface area contributed by atoms with Crippen LogP contribution in [0.3, 0.4) is 0 Å². The molecule has 0 amide bonds. The molecule has 52 valence electrons. The lowest BCUT2D eigenvalue weighted by Gasteiger charge is -1.98. The fraction of sp³-hybridized carbons (Fsp3) is 0.750. The minimum Gasteiger partial charge on any atom is -0.396 e. The molecular formula is C8H14O. The van der Waals surface area contributed by atoms with Crippen molar-refractivity contribution in [3.05, 3.63) is 0 Å². The maximum absolute atomic E-state index is 8.57. The van der Waals surface area contributed by atoms with E-state index in [2.05, 4.69) is 11.8 Å². The summed E-state index contributed by atoms with van der Waals surface area (Å²) < 4.78 is 0. The summed E-state index contributed by atoms with van der Waals surface area (Å²) in [5.74, 6) is 6.27. The Bertz CT molecular complexity index is 107. The van der Waals surface area contributed by atoms with E-state index in [0.717, 1.165) is 12.8 Å². The Morgan fingerprint density at radius 3 is 2.56 bits per heavy atom. The van der Waals surface area contributed by atoms with E-state index in [1.165, 1.54) is 0 Å². The van der Waals surface area contributed by atoms with Gasteiger partial charge in [0, 0.05) is 19.4 Å². The molecular weight excluding hydrogens is 112 g/mol. The first-order chi connectivity index (χ1) is 4.31. The molecule has 0 aromatic heterocycles. The van der Waals surface area contributed by atoms with E-state index in [1.807, 2.05) is 13.8 Å². The lowest BCUT2D eigenvalue weighted by atomic mass is 10.1. The van der Waals surface area contributed by atoms with Crippen molar-refractivity contribution in [2.24, 2.45) is 5.92 Å². The molecule has 0 rings (SSSR count). The Kier molecular flexibility index (Phi) is 5.35. The third kappa shape index (κ3) is 5.39. The fourth-order valence-electron chi connectivity index (χ4n) is 0.436. The van der Waals surface area contributed by atoms with Gasteiger partial charge in [-0.05, 0) is 5.92 Å². The zero-order valence-corrected chi connectivity index (χ0v) is 6.15. The highest BCUT2D eigenvalue weighted by Gasteiger charge is 1.93. The van der Waals surface area contributed by atoms with Crippen LogP contribution in [0.4, 0.5) is 0 Å². The third-order valence-electron chi connectivity index (χ3n) is 1.06. The van der Waals surface area contributed by atoms with Crippen molar-refractivity contribution in [3.63, 3.8) is 0 Å². The van der Waals surface area contributed by atoms with Crippen LogP contribution in [0.1, 0.15) is 26.7 Å². The zero-order valence-electron chi connectivity index (χ0n) is 6.15. The van der Waals surface area contributed by atoms with Crippen molar-refractivity contribution in [2.45, 2.75) is 26.7 Å². The van der Waals surface area contributed by atoms with Crippen molar-refractivity contribution < 1.29 is 5.11 Å². The Hall–Kier alpha value is -0.480. The molecule has 1 N–H and O–H groups in total. The number of aliphatic hydroxyl groups is 1. The first kappa shape index (κ1) is 8.52. The van der Waals surface area contributed by atoms with Gasteiger partial charge in [0.1, 0.15) is 0 Å². The predicted molar refractivity (Wildman–Crippen MR) is 38.9 cm³/mol. The van der Waals surface area contributed by atoms with Crippen LogP contribution in [-0.4, -0.2) is 11.7 Å². The molecule has 1 nitrogen and oxygen atoms in total. The molecule has 0 aromatic carbocycles. The van der Waals surface area contributed by atoms with Crippen LogP contribution in [0.15, 0.2) is 0 Å². The number of rotatable bonds is 2. The van der Waals surface area contributed by atoms with E-state index in [0.29, 0.717) is 5.92 Å². The summed E-state index contributed by atoms with van der Waals surface area (Å²) in [5, 5.41) is 8.57. The average molecular weight is 126 g/mol. The normalized spacial score (nSPS) is 11.9. The van der Waals surface area contributed by atoms with Gasteiger partial charge in [-0.15, -0.1) is 11.8 Å². The van der Waals surface area contributed by atoms with Crippen LogP contribution in [-0.2, 0) is 0 Å². The smallest absolute Gasteiger partial charge is 0.0465 e. The van der Waals surface area contributed by atoms with Gasteiger partial charge in [0.15, 0.2) is 0 Å². The maximum atomic E-state index is 8.57. The summed E-state index contributed by atoms with van der Waals surface area (Å²) in [5.41, 5.74) is 0. The van der Waals surface area contributed by atoms with Gasteiger partial charge < -0.3 is 5.11 Å². The molecule has 0 unspecified atom stereocenters. The van der Waals surface area contributed by atoms with Crippen molar-refractivity contribution in [3.8, 4) is 11.8 Å². The lowest BCUT2D eigenvalue weighted by molar-refractivity contribution is 0.240. The van der Waals surface area contributed by atoms with Crippen LogP contribution in [0.25, 0.3) is 0 Å². The monoisotopic (exact) mass is 126 g/mol. The van der Waals surface area contributed by atoms with Gasteiger partial charge in [0.25, 0.3) is 0 Å². The van der Waals surface area contributed by atoms with Gasteiger partial charge in [-0.3, -0.25) is 0 Å². The van der Waals surface area contributed by atoms with Gasteiger partial charge in [-0.25, -0.2) is 0 Å². The van der Waals surface area contributed by atoms with Crippen molar-refractivity contribution >= 4 is 0 Å². The molecule has 0 aromatic rings. The summed E-state index contributed by atoms with van der Waals surface area (Å²) in [7, 11) is 0. The second-order valence-corrected chi connectivity index (χ2v) is 2.20. The molecule has 0 saturated heterocycles. The zero-order chi connectivity index (χ0) is 7.11. The van der Waals surface area contributed by atoms with Gasteiger partial charge >= 0.3 is 0 Å².